The predicted molar refractivity (Wildman–Crippen MR) is 71.9 cm³/mol. The van der Waals surface area contributed by atoms with Gasteiger partial charge < -0.3 is 10.4 Å². The summed E-state index contributed by atoms with van der Waals surface area (Å²) in [6.45, 7) is 0.739. The second-order valence-electron chi connectivity index (χ2n) is 6.03. The van der Waals surface area contributed by atoms with Crippen molar-refractivity contribution in [1.82, 2.24) is 10.2 Å². The number of nitrogens with zero attached hydrogens (tertiary/aromatic N) is 1. The molecule has 2 saturated heterocycles. The van der Waals surface area contributed by atoms with E-state index in [-0.39, 0.29) is 18.1 Å². The van der Waals surface area contributed by atoms with Crippen molar-refractivity contribution in [2.75, 3.05) is 24.6 Å². The van der Waals surface area contributed by atoms with Crippen LogP contribution < -0.4 is 5.32 Å². The molecule has 2 rings (SSSR count). The van der Waals surface area contributed by atoms with Crippen molar-refractivity contribution in [2.45, 2.75) is 43.6 Å². The number of carbonyl (C=O) groups is 1. The van der Waals surface area contributed by atoms with E-state index in [1.54, 1.807) is 0 Å². The first-order chi connectivity index (χ1) is 9.94. The minimum atomic E-state index is -4.74. The summed E-state index contributed by atoms with van der Waals surface area (Å²) >= 11 is 0. The third kappa shape index (κ3) is 3.54. The molecule has 0 radical (unpaired) electrons. The zero-order valence-electron chi connectivity index (χ0n) is 12.1. The number of β-amino-alcohol motifs (C(OH)–C–C–N with tert-alkyl or cyclic N) is 1. The van der Waals surface area contributed by atoms with E-state index in [0.717, 1.165) is 0 Å². The van der Waals surface area contributed by atoms with E-state index in [1.165, 1.54) is 11.8 Å². The van der Waals surface area contributed by atoms with Crippen LogP contribution in [0.1, 0.15) is 19.8 Å². The number of sulfone groups is 1. The molecule has 2 aliphatic rings. The molecule has 0 aromatic rings. The molecule has 6 nitrogen and oxygen atoms in total. The summed E-state index contributed by atoms with van der Waals surface area (Å²) < 4.78 is 60.9. The number of nitrogens with one attached hydrogen (secondary N) is 1. The highest BCUT2D eigenvalue weighted by Gasteiger charge is 2.57. The SMILES string of the molecule is CC(C(=O)NC1CCS(=O)(=O)C1)N1CCC(O)(C(F)(F)F)C1. The average Bonchev–Trinajstić information content (AvgIpc) is 2.92. The topological polar surface area (TPSA) is 86.7 Å². The van der Waals surface area contributed by atoms with Gasteiger partial charge in [-0.1, -0.05) is 0 Å². The van der Waals surface area contributed by atoms with Gasteiger partial charge in [0.05, 0.1) is 17.5 Å². The lowest BCUT2D eigenvalue weighted by molar-refractivity contribution is -0.254. The van der Waals surface area contributed by atoms with Crippen molar-refractivity contribution in [1.29, 1.82) is 0 Å². The van der Waals surface area contributed by atoms with Crippen molar-refractivity contribution in [3.63, 3.8) is 0 Å². The van der Waals surface area contributed by atoms with Crippen molar-refractivity contribution < 1.29 is 31.5 Å². The Morgan fingerprint density at radius 1 is 1.45 bits per heavy atom. The quantitative estimate of drug-likeness (QED) is 0.733. The van der Waals surface area contributed by atoms with Gasteiger partial charge in [-0.2, -0.15) is 13.2 Å². The number of amides is 1. The fraction of sp³-hybridized carbons (Fsp3) is 0.917. The van der Waals surface area contributed by atoms with Gasteiger partial charge in [0.1, 0.15) is 0 Å². The molecule has 0 aromatic carbocycles. The van der Waals surface area contributed by atoms with Crippen molar-refractivity contribution in [3.05, 3.63) is 0 Å². The fourth-order valence-electron chi connectivity index (χ4n) is 2.78. The molecule has 3 atom stereocenters. The lowest BCUT2D eigenvalue weighted by atomic mass is 10.0. The Balaban J connectivity index is 1.92. The van der Waals surface area contributed by atoms with Gasteiger partial charge in [0.25, 0.3) is 0 Å². The Kier molecular flexibility index (Phi) is 4.48. The van der Waals surface area contributed by atoms with Crippen molar-refractivity contribution in [3.8, 4) is 0 Å². The Hall–Kier alpha value is -0.870. The molecular formula is C12H19F3N2O4S. The Labute approximate surface area is 126 Å². The molecule has 2 fully saturated rings. The molecule has 128 valence electrons. The van der Waals surface area contributed by atoms with Gasteiger partial charge in [-0.25, -0.2) is 8.42 Å². The van der Waals surface area contributed by atoms with Crippen LogP contribution in [0.25, 0.3) is 0 Å². The summed E-state index contributed by atoms with van der Waals surface area (Å²) in [7, 11) is -3.14. The Morgan fingerprint density at radius 3 is 2.55 bits per heavy atom. The lowest BCUT2D eigenvalue weighted by Gasteiger charge is -2.28. The molecule has 2 aliphatic heterocycles. The minimum Gasteiger partial charge on any atom is -0.379 e. The molecule has 2 N–H and O–H groups in total. The van der Waals surface area contributed by atoms with E-state index in [1.807, 2.05) is 0 Å². The highest BCUT2D eigenvalue weighted by Crippen LogP contribution is 2.38. The largest absolute Gasteiger partial charge is 0.418 e. The van der Waals surface area contributed by atoms with Crippen LogP contribution in [0.5, 0.6) is 0 Å². The predicted octanol–water partition coefficient (Wildman–Crippen LogP) is -0.323. The molecule has 10 heteroatoms. The van der Waals surface area contributed by atoms with Crippen LogP contribution in [-0.4, -0.2) is 72.8 Å². The van der Waals surface area contributed by atoms with Crippen LogP contribution >= 0.6 is 0 Å². The summed E-state index contributed by atoms with van der Waals surface area (Å²) in [5, 5.41) is 12.2. The van der Waals surface area contributed by atoms with Crippen LogP contribution in [0.3, 0.4) is 0 Å². The third-order valence-corrected chi connectivity index (χ3v) is 6.08. The highest BCUT2D eigenvalue weighted by atomic mass is 32.2. The van der Waals surface area contributed by atoms with Gasteiger partial charge >= 0.3 is 6.18 Å². The number of likely N-dealkylation sites (tertiary alicyclic amines) is 1. The maximum Gasteiger partial charge on any atom is 0.418 e. The first kappa shape index (κ1) is 17.5. The zero-order chi connectivity index (χ0) is 16.8. The molecular weight excluding hydrogens is 325 g/mol. The Bertz CT molecular complexity index is 551. The lowest BCUT2D eigenvalue weighted by Crippen LogP contribution is -2.52. The molecule has 1 amide bonds. The standard InChI is InChI=1S/C12H19F3N2O4S/c1-8(10(18)16-9-2-5-22(20,21)6-9)17-4-3-11(19,7-17)12(13,14)15/h8-9,19H,2-7H2,1H3,(H,16,18). The molecule has 0 saturated carbocycles. The Morgan fingerprint density at radius 2 is 2.09 bits per heavy atom. The van der Waals surface area contributed by atoms with Crippen LogP contribution in [-0.2, 0) is 14.6 Å². The number of hydrogen-bond donors (Lipinski definition) is 2. The first-order valence-electron chi connectivity index (χ1n) is 6.97. The summed E-state index contributed by atoms with van der Waals surface area (Å²) in [5.74, 6) is -0.657. The number of rotatable bonds is 3. The number of carbonyl (C=O) groups excluding carboxylic acids is 1. The van der Waals surface area contributed by atoms with E-state index < -0.39 is 52.6 Å². The van der Waals surface area contributed by atoms with Crippen molar-refractivity contribution in [2.24, 2.45) is 0 Å². The van der Waals surface area contributed by atoms with Gasteiger partial charge in [-0.15, -0.1) is 0 Å². The van der Waals surface area contributed by atoms with Crippen LogP contribution in [0, 0.1) is 0 Å². The molecule has 0 spiro atoms. The van der Waals surface area contributed by atoms with Crippen LogP contribution in [0.2, 0.25) is 0 Å². The van der Waals surface area contributed by atoms with Gasteiger partial charge in [0.15, 0.2) is 15.4 Å². The normalized spacial score (nSPS) is 33.8. The van der Waals surface area contributed by atoms with Crippen LogP contribution in [0.15, 0.2) is 0 Å². The first-order valence-corrected chi connectivity index (χ1v) is 8.80. The molecule has 22 heavy (non-hydrogen) atoms. The zero-order valence-corrected chi connectivity index (χ0v) is 12.9. The number of halogens is 3. The molecule has 3 unspecified atom stereocenters. The maximum absolute atomic E-state index is 12.8. The maximum atomic E-state index is 12.8. The van der Waals surface area contributed by atoms with Crippen molar-refractivity contribution >= 4 is 15.7 Å². The van der Waals surface area contributed by atoms with Crippen LogP contribution in [0.4, 0.5) is 13.2 Å². The van der Waals surface area contributed by atoms with E-state index in [2.05, 4.69) is 5.32 Å². The number of hydrogen-bond acceptors (Lipinski definition) is 5. The molecule has 2 heterocycles. The summed E-state index contributed by atoms with van der Waals surface area (Å²) in [5.41, 5.74) is -2.79. The summed E-state index contributed by atoms with van der Waals surface area (Å²) in [6.07, 6.45) is -4.91. The van der Waals surface area contributed by atoms with E-state index in [9.17, 15) is 31.5 Å². The smallest absolute Gasteiger partial charge is 0.379 e. The van der Waals surface area contributed by atoms with E-state index >= 15 is 0 Å². The second-order valence-corrected chi connectivity index (χ2v) is 8.26. The molecule has 0 aliphatic carbocycles. The van der Waals surface area contributed by atoms with Gasteiger partial charge in [-0.05, 0) is 19.8 Å². The van der Waals surface area contributed by atoms with Gasteiger partial charge in [0.2, 0.25) is 5.91 Å². The number of alkyl halides is 3. The van der Waals surface area contributed by atoms with Gasteiger partial charge in [-0.3, -0.25) is 9.69 Å². The molecule has 0 bridgehead atoms. The fourth-order valence-corrected chi connectivity index (χ4v) is 4.45. The highest BCUT2D eigenvalue weighted by molar-refractivity contribution is 7.91. The van der Waals surface area contributed by atoms with Gasteiger partial charge in [0, 0.05) is 19.1 Å². The second kappa shape index (κ2) is 5.64. The van der Waals surface area contributed by atoms with E-state index in [0.29, 0.717) is 6.42 Å². The summed E-state index contributed by atoms with van der Waals surface area (Å²) in [6, 6.07) is -1.36. The molecule has 0 aromatic heterocycles. The number of aliphatic hydroxyl groups is 1. The summed E-state index contributed by atoms with van der Waals surface area (Å²) in [4.78, 5) is 13.3. The minimum absolute atomic E-state index is 0.00384. The third-order valence-electron chi connectivity index (χ3n) is 4.31. The average molecular weight is 344 g/mol. The van der Waals surface area contributed by atoms with E-state index in [4.69, 9.17) is 0 Å². The monoisotopic (exact) mass is 344 g/mol.